The zero-order valence-electron chi connectivity index (χ0n) is 10.5. The largest absolute Gasteiger partial charge is 0.489 e. The lowest BCUT2D eigenvalue weighted by Crippen LogP contribution is -2.19. The molecule has 2 nitrogen and oxygen atoms in total. The van der Waals surface area contributed by atoms with Gasteiger partial charge in [-0.15, -0.1) is 0 Å². The summed E-state index contributed by atoms with van der Waals surface area (Å²) in [5, 5.41) is 11.4. The lowest BCUT2D eigenvalue weighted by molar-refractivity contribution is 0.183. The number of rotatable bonds is 2. The molecular weight excluding hydrogens is 302 g/mol. The van der Waals surface area contributed by atoms with Crippen molar-refractivity contribution >= 4 is 26.7 Å². The van der Waals surface area contributed by atoms with Crippen LogP contribution in [0, 0.1) is 17.2 Å². The van der Waals surface area contributed by atoms with E-state index in [9.17, 15) is 0 Å². The lowest BCUT2D eigenvalue weighted by Gasteiger charge is -2.16. The highest BCUT2D eigenvalue weighted by atomic mass is 79.9. The molecule has 0 aromatic heterocycles. The molecule has 2 atom stereocenters. The molecule has 1 aliphatic rings. The van der Waals surface area contributed by atoms with E-state index < -0.39 is 0 Å². The molecule has 3 heteroatoms. The standard InChI is InChI=1S/C16H14BrNO/c17-14-6-4-12-9-15(7-5-11(12)8-14)19-16-3-1-2-13(16)10-18/h4-9,13,16H,1-3H2. The van der Waals surface area contributed by atoms with Gasteiger partial charge in [-0.3, -0.25) is 0 Å². The van der Waals surface area contributed by atoms with E-state index in [0.717, 1.165) is 34.9 Å². The van der Waals surface area contributed by atoms with E-state index in [1.54, 1.807) is 0 Å². The quantitative estimate of drug-likeness (QED) is 0.806. The number of halogens is 1. The molecular formula is C16H14BrNO. The van der Waals surface area contributed by atoms with Gasteiger partial charge in [-0.05, 0) is 54.3 Å². The van der Waals surface area contributed by atoms with Crippen LogP contribution in [0.3, 0.4) is 0 Å². The minimum Gasteiger partial charge on any atom is -0.489 e. The SMILES string of the molecule is N#CC1CCCC1Oc1ccc2cc(Br)ccc2c1. The summed E-state index contributed by atoms with van der Waals surface area (Å²) in [5.41, 5.74) is 0. The fraction of sp³-hybridized carbons (Fsp3) is 0.312. The van der Waals surface area contributed by atoms with E-state index in [0.29, 0.717) is 0 Å². The van der Waals surface area contributed by atoms with Gasteiger partial charge in [0.05, 0.1) is 12.0 Å². The van der Waals surface area contributed by atoms with Gasteiger partial charge in [0, 0.05) is 4.47 Å². The van der Waals surface area contributed by atoms with Crippen LogP contribution in [0.25, 0.3) is 10.8 Å². The molecule has 0 spiro atoms. The fourth-order valence-electron chi connectivity index (χ4n) is 2.66. The first-order valence-corrected chi connectivity index (χ1v) is 7.31. The Balaban J connectivity index is 1.86. The van der Waals surface area contributed by atoms with Crippen molar-refractivity contribution in [3.05, 3.63) is 40.9 Å². The van der Waals surface area contributed by atoms with E-state index in [1.165, 1.54) is 5.39 Å². The Kier molecular flexibility index (Phi) is 3.44. The fourth-order valence-corrected chi connectivity index (χ4v) is 3.04. The Bertz CT molecular complexity index is 647. The summed E-state index contributed by atoms with van der Waals surface area (Å²) in [6, 6.07) is 14.6. The van der Waals surface area contributed by atoms with E-state index in [-0.39, 0.29) is 12.0 Å². The molecule has 0 N–H and O–H groups in total. The Labute approximate surface area is 121 Å². The number of nitriles is 1. The minimum atomic E-state index is 0.0422. The van der Waals surface area contributed by atoms with Gasteiger partial charge in [-0.2, -0.15) is 5.26 Å². The first-order valence-electron chi connectivity index (χ1n) is 6.52. The third kappa shape index (κ3) is 2.59. The van der Waals surface area contributed by atoms with E-state index in [2.05, 4.69) is 46.3 Å². The van der Waals surface area contributed by atoms with Crippen LogP contribution < -0.4 is 4.74 Å². The zero-order chi connectivity index (χ0) is 13.2. The summed E-state index contributed by atoms with van der Waals surface area (Å²) in [6.07, 6.45) is 3.08. The number of hydrogen-bond acceptors (Lipinski definition) is 2. The van der Waals surface area contributed by atoms with Gasteiger partial charge >= 0.3 is 0 Å². The van der Waals surface area contributed by atoms with Crippen LogP contribution >= 0.6 is 15.9 Å². The lowest BCUT2D eigenvalue weighted by atomic mass is 10.1. The zero-order valence-corrected chi connectivity index (χ0v) is 12.1. The Morgan fingerprint density at radius 3 is 2.74 bits per heavy atom. The van der Waals surface area contributed by atoms with Crippen molar-refractivity contribution in [1.29, 1.82) is 5.26 Å². The molecule has 0 saturated heterocycles. The van der Waals surface area contributed by atoms with Crippen molar-refractivity contribution in [1.82, 2.24) is 0 Å². The Morgan fingerprint density at radius 1 is 1.11 bits per heavy atom. The summed E-state index contributed by atoms with van der Waals surface area (Å²) in [7, 11) is 0. The van der Waals surface area contributed by atoms with Crippen LogP contribution in [0.4, 0.5) is 0 Å². The van der Waals surface area contributed by atoms with Crippen molar-refractivity contribution in [2.24, 2.45) is 5.92 Å². The monoisotopic (exact) mass is 315 g/mol. The molecule has 19 heavy (non-hydrogen) atoms. The molecule has 1 aliphatic carbocycles. The maximum atomic E-state index is 9.08. The first kappa shape index (κ1) is 12.5. The van der Waals surface area contributed by atoms with Crippen LogP contribution in [0.15, 0.2) is 40.9 Å². The van der Waals surface area contributed by atoms with Crippen LogP contribution in [-0.2, 0) is 0 Å². The smallest absolute Gasteiger partial charge is 0.120 e. The normalized spacial score (nSPS) is 22.3. The van der Waals surface area contributed by atoms with Crippen molar-refractivity contribution in [2.45, 2.75) is 25.4 Å². The highest BCUT2D eigenvalue weighted by Gasteiger charge is 2.28. The van der Waals surface area contributed by atoms with Crippen LogP contribution in [-0.4, -0.2) is 6.10 Å². The second-order valence-electron chi connectivity index (χ2n) is 4.98. The highest BCUT2D eigenvalue weighted by molar-refractivity contribution is 9.10. The molecule has 1 saturated carbocycles. The summed E-state index contributed by atoms with van der Waals surface area (Å²) in [5.74, 6) is 0.905. The maximum Gasteiger partial charge on any atom is 0.120 e. The molecule has 0 bridgehead atoms. The molecule has 2 aromatic rings. The minimum absolute atomic E-state index is 0.0422. The molecule has 0 amide bonds. The maximum absolute atomic E-state index is 9.08. The van der Waals surface area contributed by atoms with E-state index in [4.69, 9.17) is 10.00 Å². The second kappa shape index (κ2) is 5.22. The summed E-state index contributed by atoms with van der Waals surface area (Å²) in [6.45, 7) is 0. The summed E-state index contributed by atoms with van der Waals surface area (Å²) < 4.78 is 7.06. The van der Waals surface area contributed by atoms with Gasteiger partial charge < -0.3 is 4.74 Å². The van der Waals surface area contributed by atoms with Gasteiger partial charge in [0.25, 0.3) is 0 Å². The molecule has 1 fully saturated rings. The number of hydrogen-bond donors (Lipinski definition) is 0. The van der Waals surface area contributed by atoms with Crippen molar-refractivity contribution in [3.63, 3.8) is 0 Å². The highest BCUT2D eigenvalue weighted by Crippen LogP contribution is 2.31. The molecule has 0 aliphatic heterocycles. The average Bonchev–Trinajstić information content (AvgIpc) is 2.86. The number of fused-ring (bicyclic) bond motifs is 1. The third-order valence-corrected chi connectivity index (χ3v) is 4.17. The van der Waals surface area contributed by atoms with Gasteiger partial charge in [0.2, 0.25) is 0 Å². The first-order chi connectivity index (χ1) is 9.26. The van der Waals surface area contributed by atoms with Gasteiger partial charge in [-0.25, -0.2) is 0 Å². The molecule has 0 radical (unpaired) electrons. The summed E-state index contributed by atoms with van der Waals surface area (Å²) >= 11 is 3.47. The Morgan fingerprint density at radius 2 is 1.89 bits per heavy atom. The van der Waals surface area contributed by atoms with Crippen LogP contribution in [0.1, 0.15) is 19.3 Å². The van der Waals surface area contributed by atoms with E-state index in [1.807, 2.05) is 12.1 Å². The summed E-state index contributed by atoms with van der Waals surface area (Å²) in [4.78, 5) is 0. The van der Waals surface area contributed by atoms with Gasteiger partial charge in [-0.1, -0.05) is 28.1 Å². The number of ether oxygens (including phenoxy) is 1. The van der Waals surface area contributed by atoms with Crippen molar-refractivity contribution in [3.8, 4) is 11.8 Å². The molecule has 0 heterocycles. The predicted molar refractivity (Wildman–Crippen MR) is 79.0 cm³/mol. The average molecular weight is 316 g/mol. The van der Waals surface area contributed by atoms with Gasteiger partial charge in [0.15, 0.2) is 0 Å². The third-order valence-electron chi connectivity index (χ3n) is 3.68. The molecule has 3 rings (SSSR count). The topological polar surface area (TPSA) is 33.0 Å². The molecule has 2 aromatic carbocycles. The molecule has 2 unspecified atom stereocenters. The molecule has 96 valence electrons. The predicted octanol–water partition coefficient (Wildman–Crippen LogP) is 4.67. The van der Waals surface area contributed by atoms with Crippen LogP contribution in [0.5, 0.6) is 5.75 Å². The Hall–Kier alpha value is -1.53. The van der Waals surface area contributed by atoms with Crippen molar-refractivity contribution in [2.75, 3.05) is 0 Å². The number of benzene rings is 2. The number of nitrogens with zero attached hydrogens (tertiary/aromatic N) is 1. The second-order valence-corrected chi connectivity index (χ2v) is 5.89. The van der Waals surface area contributed by atoms with Crippen LogP contribution in [0.2, 0.25) is 0 Å². The van der Waals surface area contributed by atoms with Crippen molar-refractivity contribution < 1.29 is 4.74 Å². The van der Waals surface area contributed by atoms with E-state index >= 15 is 0 Å². The van der Waals surface area contributed by atoms with Gasteiger partial charge in [0.1, 0.15) is 11.9 Å².